The van der Waals surface area contributed by atoms with Gasteiger partial charge in [0.1, 0.15) is 5.82 Å². The number of nitrogens with one attached hydrogen (secondary N) is 1. The van der Waals surface area contributed by atoms with Gasteiger partial charge in [0, 0.05) is 25.6 Å². The summed E-state index contributed by atoms with van der Waals surface area (Å²) in [5.41, 5.74) is 0.294. The molecule has 122 valence electrons. The summed E-state index contributed by atoms with van der Waals surface area (Å²) in [7, 11) is 0. The number of amides is 1. The minimum absolute atomic E-state index is 0. The van der Waals surface area contributed by atoms with Crippen LogP contribution in [0.3, 0.4) is 0 Å². The van der Waals surface area contributed by atoms with Crippen molar-refractivity contribution < 1.29 is 9.53 Å². The van der Waals surface area contributed by atoms with E-state index in [9.17, 15) is 4.79 Å². The highest BCUT2D eigenvalue weighted by molar-refractivity contribution is 6.33. The summed E-state index contributed by atoms with van der Waals surface area (Å²) in [6, 6.07) is 0.0554. The summed E-state index contributed by atoms with van der Waals surface area (Å²) in [5, 5.41) is 3.56. The lowest BCUT2D eigenvalue weighted by atomic mass is 10.1. The maximum Gasteiger partial charge on any atom is 0.274 e. The first-order chi connectivity index (χ1) is 10.1. The lowest BCUT2D eigenvalue weighted by Gasteiger charge is -2.36. The van der Waals surface area contributed by atoms with E-state index in [1.54, 1.807) is 0 Å². The average Bonchev–Trinajstić information content (AvgIpc) is 2.95. The molecule has 0 bridgehead atoms. The summed E-state index contributed by atoms with van der Waals surface area (Å²) in [6.07, 6.45) is 1.58. The van der Waals surface area contributed by atoms with E-state index in [1.807, 2.05) is 18.7 Å². The molecule has 1 N–H and O–H groups in total. The van der Waals surface area contributed by atoms with Crippen LogP contribution in [0.25, 0.3) is 0 Å². The standard InChI is InChI=1S/C14H19ClN4O2.ClH/c1-8(2)13-17-5-9(15)12(18-13)14(20)19-3-4-21-11-7-16-6-10(11)19;/h5,8,10-11,16H,3-4,6-7H2,1-2H3;1H/t10-,11+;/m1./s1. The van der Waals surface area contributed by atoms with Crippen LogP contribution in [0.1, 0.15) is 36.1 Å². The van der Waals surface area contributed by atoms with Gasteiger partial charge in [-0.25, -0.2) is 9.97 Å². The normalized spacial score (nSPS) is 24.1. The highest BCUT2D eigenvalue weighted by Gasteiger charge is 2.39. The lowest BCUT2D eigenvalue weighted by molar-refractivity contribution is -0.0366. The van der Waals surface area contributed by atoms with Crippen molar-refractivity contribution in [2.75, 3.05) is 26.2 Å². The third-order valence-electron chi connectivity index (χ3n) is 3.94. The number of nitrogens with zero attached hydrogens (tertiary/aromatic N) is 3. The molecule has 0 unspecified atom stereocenters. The molecular formula is C14H20Cl2N4O2. The second kappa shape index (κ2) is 7.08. The predicted molar refractivity (Wildman–Crippen MR) is 85.8 cm³/mol. The van der Waals surface area contributed by atoms with Gasteiger partial charge in [-0.05, 0) is 0 Å². The summed E-state index contributed by atoms with van der Waals surface area (Å²) in [5.74, 6) is 0.655. The minimum atomic E-state index is -0.133. The van der Waals surface area contributed by atoms with Crippen LogP contribution in [-0.4, -0.2) is 59.2 Å². The number of ether oxygens (including phenoxy) is 1. The number of fused-ring (bicyclic) bond motifs is 1. The molecule has 3 heterocycles. The largest absolute Gasteiger partial charge is 0.373 e. The highest BCUT2D eigenvalue weighted by atomic mass is 35.5. The Morgan fingerprint density at radius 2 is 2.27 bits per heavy atom. The summed E-state index contributed by atoms with van der Waals surface area (Å²) >= 11 is 6.14. The number of hydrogen-bond acceptors (Lipinski definition) is 5. The number of aromatic nitrogens is 2. The molecule has 0 aliphatic carbocycles. The van der Waals surface area contributed by atoms with Crippen LogP contribution < -0.4 is 5.32 Å². The van der Waals surface area contributed by atoms with E-state index in [0.717, 1.165) is 13.1 Å². The van der Waals surface area contributed by atoms with Gasteiger partial charge < -0.3 is 15.0 Å². The Kier molecular flexibility index (Phi) is 5.60. The zero-order valence-electron chi connectivity index (χ0n) is 12.6. The van der Waals surface area contributed by atoms with E-state index in [4.69, 9.17) is 16.3 Å². The fourth-order valence-corrected chi connectivity index (χ4v) is 2.96. The van der Waals surface area contributed by atoms with Crippen molar-refractivity contribution in [3.63, 3.8) is 0 Å². The molecule has 6 nitrogen and oxygen atoms in total. The molecule has 0 aromatic carbocycles. The van der Waals surface area contributed by atoms with E-state index in [-0.39, 0.29) is 36.4 Å². The Morgan fingerprint density at radius 1 is 1.50 bits per heavy atom. The monoisotopic (exact) mass is 346 g/mol. The summed E-state index contributed by atoms with van der Waals surface area (Å²) in [4.78, 5) is 23.2. The molecule has 1 aromatic heterocycles. The van der Waals surface area contributed by atoms with Crippen molar-refractivity contribution in [2.45, 2.75) is 31.9 Å². The Labute approximate surface area is 141 Å². The topological polar surface area (TPSA) is 67.4 Å². The molecule has 2 fully saturated rings. The third-order valence-corrected chi connectivity index (χ3v) is 4.21. The fraction of sp³-hybridized carbons (Fsp3) is 0.643. The number of morpholine rings is 1. The van der Waals surface area contributed by atoms with Gasteiger partial charge in [0.05, 0.1) is 30.0 Å². The first-order valence-electron chi connectivity index (χ1n) is 7.23. The Morgan fingerprint density at radius 3 is 3.00 bits per heavy atom. The van der Waals surface area contributed by atoms with Crippen molar-refractivity contribution in [3.05, 3.63) is 22.7 Å². The molecular weight excluding hydrogens is 327 g/mol. The second-order valence-corrected chi connectivity index (χ2v) is 6.12. The van der Waals surface area contributed by atoms with E-state index >= 15 is 0 Å². The van der Waals surface area contributed by atoms with Gasteiger partial charge in [0.2, 0.25) is 0 Å². The SMILES string of the molecule is CC(C)c1ncc(Cl)c(C(=O)N2CCO[C@H]3CNC[C@H]32)n1.Cl. The second-order valence-electron chi connectivity index (χ2n) is 5.71. The molecule has 0 saturated carbocycles. The molecule has 0 spiro atoms. The predicted octanol–water partition coefficient (Wildman–Crippen LogP) is 1.49. The number of carbonyl (C=O) groups excluding carboxylic acids is 1. The maximum atomic E-state index is 12.8. The third kappa shape index (κ3) is 3.20. The molecule has 3 rings (SSSR count). The van der Waals surface area contributed by atoms with Crippen molar-refractivity contribution >= 4 is 29.9 Å². The van der Waals surface area contributed by atoms with Gasteiger partial charge >= 0.3 is 0 Å². The molecule has 8 heteroatoms. The van der Waals surface area contributed by atoms with Crippen LogP contribution in [0, 0.1) is 0 Å². The number of hydrogen-bond donors (Lipinski definition) is 1. The Bertz CT molecular complexity index is 556. The first-order valence-corrected chi connectivity index (χ1v) is 7.61. The molecule has 0 radical (unpaired) electrons. The van der Waals surface area contributed by atoms with Crippen molar-refractivity contribution in [1.82, 2.24) is 20.2 Å². The minimum Gasteiger partial charge on any atom is -0.373 e. The van der Waals surface area contributed by atoms with Gasteiger partial charge in [0.25, 0.3) is 5.91 Å². The quantitative estimate of drug-likeness (QED) is 0.878. The molecule has 2 aliphatic heterocycles. The van der Waals surface area contributed by atoms with E-state index in [0.29, 0.717) is 29.7 Å². The summed E-state index contributed by atoms with van der Waals surface area (Å²) in [6.45, 7) is 6.62. The fourth-order valence-electron chi connectivity index (χ4n) is 2.79. The zero-order valence-corrected chi connectivity index (χ0v) is 14.2. The van der Waals surface area contributed by atoms with Crippen molar-refractivity contribution in [2.24, 2.45) is 0 Å². The van der Waals surface area contributed by atoms with Crippen LogP contribution in [-0.2, 0) is 4.74 Å². The van der Waals surface area contributed by atoms with Gasteiger partial charge in [-0.2, -0.15) is 0 Å². The van der Waals surface area contributed by atoms with Crippen LogP contribution >= 0.6 is 24.0 Å². The van der Waals surface area contributed by atoms with Crippen LogP contribution in [0.2, 0.25) is 5.02 Å². The zero-order chi connectivity index (χ0) is 15.0. The van der Waals surface area contributed by atoms with Crippen LogP contribution in [0.15, 0.2) is 6.20 Å². The van der Waals surface area contributed by atoms with E-state index < -0.39 is 0 Å². The molecule has 1 aromatic rings. The lowest BCUT2D eigenvalue weighted by Crippen LogP contribution is -2.53. The highest BCUT2D eigenvalue weighted by Crippen LogP contribution is 2.23. The van der Waals surface area contributed by atoms with Crippen molar-refractivity contribution in [3.8, 4) is 0 Å². The van der Waals surface area contributed by atoms with Gasteiger partial charge in [-0.15, -0.1) is 12.4 Å². The van der Waals surface area contributed by atoms with Crippen LogP contribution in [0.4, 0.5) is 0 Å². The van der Waals surface area contributed by atoms with Gasteiger partial charge in [-0.1, -0.05) is 25.4 Å². The van der Waals surface area contributed by atoms with E-state index in [2.05, 4.69) is 15.3 Å². The molecule has 2 saturated heterocycles. The molecule has 2 atom stereocenters. The van der Waals surface area contributed by atoms with Gasteiger partial charge in [-0.3, -0.25) is 4.79 Å². The van der Waals surface area contributed by atoms with Crippen LogP contribution in [0.5, 0.6) is 0 Å². The number of carbonyl (C=O) groups is 1. The molecule has 2 aliphatic rings. The molecule has 22 heavy (non-hydrogen) atoms. The van der Waals surface area contributed by atoms with E-state index in [1.165, 1.54) is 6.20 Å². The average molecular weight is 347 g/mol. The Hall–Kier alpha value is -0.950. The number of rotatable bonds is 2. The van der Waals surface area contributed by atoms with Crippen molar-refractivity contribution in [1.29, 1.82) is 0 Å². The maximum absolute atomic E-state index is 12.8. The van der Waals surface area contributed by atoms with Gasteiger partial charge in [0.15, 0.2) is 5.69 Å². The summed E-state index contributed by atoms with van der Waals surface area (Å²) < 4.78 is 5.69. The smallest absolute Gasteiger partial charge is 0.274 e. The molecule has 1 amide bonds. The first kappa shape index (κ1) is 17.4. The Balaban J connectivity index is 0.00000176. The number of halogens is 2.